The molecule has 1 amide bonds. The summed E-state index contributed by atoms with van der Waals surface area (Å²) in [6, 6.07) is 4.38. The van der Waals surface area contributed by atoms with Crippen molar-refractivity contribution in [2.45, 2.75) is 38.1 Å². The molecule has 0 saturated heterocycles. The summed E-state index contributed by atoms with van der Waals surface area (Å²) in [6.07, 6.45) is 4.08. The van der Waals surface area contributed by atoms with Crippen molar-refractivity contribution in [2.24, 2.45) is 0 Å². The summed E-state index contributed by atoms with van der Waals surface area (Å²) in [5, 5.41) is 14.6. The first-order valence-electron chi connectivity index (χ1n) is 6.61. The maximum absolute atomic E-state index is 12.4. The topological polar surface area (TPSA) is 72.2 Å². The van der Waals surface area contributed by atoms with Crippen molar-refractivity contribution in [3.63, 3.8) is 0 Å². The second-order valence-corrected chi connectivity index (χ2v) is 5.89. The molecule has 6 heteroatoms. The number of nitrogens with one attached hydrogen (secondary N) is 1. The lowest BCUT2D eigenvalue weighted by Crippen LogP contribution is -2.47. The van der Waals surface area contributed by atoms with Crippen LogP contribution in [0.1, 0.15) is 41.6 Å². The van der Waals surface area contributed by atoms with Crippen LogP contribution < -0.4 is 5.32 Å². The maximum atomic E-state index is 12.4. The van der Waals surface area contributed by atoms with Gasteiger partial charge in [0.1, 0.15) is 0 Å². The number of carbonyl (C=O) groups is 1. The molecule has 1 aliphatic carbocycles. The number of hydrogen-bond acceptors (Lipinski definition) is 3. The number of alkyl halides is 1. The van der Waals surface area contributed by atoms with E-state index in [1.54, 1.807) is 13.0 Å². The molecule has 1 saturated carbocycles. The van der Waals surface area contributed by atoms with Gasteiger partial charge in [-0.15, -0.1) is 0 Å². The molecule has 2 rings (SSSR count). The highest BCUT2D eigenvalue weighted by Gasteiger charge is 2.34. The minimum atomic E-state index is -0.480. The number of aryl methyl sites for hydroxylation is 1. The van der Waals surface area contributed by atoms with Crippen LogP contribution in [-0.4, -0.2) is 21.7 Å². The van der Waals surface area contributed by atoms with Gasteiger partial charge in [-0.3, -0.25) is 14.9 Å². The molecule has 0 spiro atoms. The number of nitro groups is 1. The quantitative estimate of drug-likeness (QED) is 0.519. The van der Waals surface area contributed by atoms with Gasteiger partial charge in [0.15, 0.2) is 0 Å². The molecule has 1 aromatic rings. The third kappa shape index (κ3) is 3.00. The molecular weight excluding hydrogens is 324 g/mol. The fraction of sp³-hybridized carbons (Fsp3) is 0.500. The number of nitrogens with zero attached hydrogens (tertiary/aromatic N) is 1. The lowest BCUT2D eigenvalue weighted by Gasteiger charge is -2.28. The van der Waals surface area contributed by atoms with Crippen LogP contribution in [0.25, 0.3) is 0 Å². The van der Waals surface area contributed by atoms with Crippen LogP contribution in [0.5, 0.6) is 0 Å². The van der Waals surface area contributed by atoms with Crippen LogP contribution in [0.2, 0.25) is 0 Å². The van der Waals surface area contributed by atoms with Gasteiger partial charge in [-0.05, 0) is 25.3 Å². The van der Waals surface area contributed by atoms with Gasteiger partial charge in [0, 0.05) is 23.0 Å². The summed E-state index contributed by atoms with van der Waals surface area (Å²) in [5.41, 5.74) is 0.857. The molecular formula is C14H17BrN2O3. The smallest absolute Gasteiger partial charge is 0.270 e. The van der Waals surface area contributed by atoms with Crippen molar-refractivity contribution < 1.29 is 9.72 Å². The van der Waals surface area contributed by atoms with E-state index in [1.165, 1.54) is 12.1 Å². The van der Waals surface area contributed by atoms with Crippen LogP contribution in [0.15, 0.2) is 18.2 Å². The van der Waals surface area contributed by atoms with Crippen molar-refractivity contribution in [3.05, 3.63) is 39.4 Å². The summed E-state index contributed by atoms with van der Waals surface area (Å²) < 4.78 is 0. The minimum Gasteiger partial charge on any atom is -0.346 e. The predicted molar refractivity (Wildman–Crippen MR) is 80.3 cm³/mol. The third-order valence-corrected chi connectivity index (χ3v) is 4.95. The van der Waals surface area contributed by atoms with Gasteiger partial charge in [0.2, 0.25) is 0 Å². The maximum Gasteiger partial charge on any atom is 0.270 e. The molecule has 1 aromatic carbocycles. The zero-order valence-corrected chi connectivity index (χ0v) is 12.9. The number of carbonyl (C=O) groups excluding carboxylic acids is 1. The predicted octanol–water partition coefficient (Wildman–Crippen LogP) is 3.34. The van der Waals surface area contributed by atoms with Crippen molar-refractivity contribution in [3.8, 4) is 0 Å². The van der Waals surface area contributed by atoms with E-state index in [4.69, 9.17) is 0 Å². The van der Waals surface area contributed by atoms with E-state index in [0.29, 0.717) is 10.9 Å². The molecule has 0 atom stereocenters. The number of rotatable bonds is 4. The van der Waals surface area contributed by atoms with Gasteiger partial charge in [-0.1, -0.05) is 34.8 Å². The second-order valence-electron chi connectivity index (χ2n) is 5.33. The van der Waals surface area contributed by atoms with E-state index in [1.807, 2.05) is 0 Å². The Bertz CT molecular complexity index is 539. The van der Waals surface area contributed by atoms with Crippen LogP contribution in [0.3, 0.4) is 0 Å². The minimum absolute atomic E-state index is 0.0555. The highest BCUT2D eigenvalue weighted by Crippen LogP contribution is 2.32. The van der Waals surface area contributed by atoms with E-state index in [-0.39, 0.29) is 17.1 Å². The first kappa shape index (κ1) is 15.0. The normalized spacial score (nSPS) is 16.9. The summed E-state index contributed by atoms with van der Waals surface area (Å²) in [6.45, 7) is 1.79. The average Bonchev–Trinajstić information content (AvgIpc) is 2.88. The Balaban J connectivity index is 2.24. The zero-order chi connectivity index (χ0) is 14.8. The van der Waals surface area contributed by atoms with Crippen LogP contribution in [0, 0.1) is 17.0 Å². The first-order chi connectivity index (χ1) is 9.47. The Hall–Kier alpha value is -1.43. The largest absolute Gasteiger partial charge is 0.346 e. The number of non-ortho nitro benzene ring substituents is 1. The fourth-order valence-electron chi connectivity index (χ4n) is 2.62. The molecule has 0 unspecified atom stereocenters. The van der Waals surface area contributed by atoms with E-state index in [9.17, 15) is 14.9 Å². The van der Waals surface area contributed by atoms with E-state index < -0.39 is 4.92 Å². The van der Waals surface area contributed by atoms with Crippen LogP contribution >= 0.6 is 15.9 Å². The summed E-state index contributed by atoms with van der Waals surface area (Å²) in [4.78, 5) is 22.7. The second kappa shape index (κ2) is 5.91. The third-order valence-electron chi connectivity index (χ3n) is 3.87. The fourth-order valence-corrected chi connectivity index (χ4v) is 3.32. The van der Waals surface area contributed by atoms with Crippen molar-refractivity contribution >= 4 is 27.5 Å². The van der Waals surface area contributed by atoms with Gasteiger partial charge in [-0.2, -0.15) is 0 Å². The molecule has 0 aliphatic heterocycles. The molecule has 5 nitrogen and oxygen atoms in total. The molecule has 0 aromatic heterocycles. The van der Waals surface area contributed by atoms with Crippen LogP contribution in [-0.2, 0) is 0 Å². The van der Waals surface area contributed by atoms with Gasteiger partial charge in [-0.25, -0.2) is 0 Å². The number of halogens is 1. The molecule has 1 aliphatic rings. The van der Waals surface area contributed by atoms with Gasteiger partial charge in [0.05, 0.1) is 10.5 Å². The van der Waals surface area contributed by atoms with Gasteiger partial charge >= 0.3 is 0 Å². The molecule has 0 heterocycles. The monoisotopic (exact) mass is 340 g/mol. The molecule has 1 N–H and O–H groups in total. The van der Waals surface area contributed by atoms with Gasteiger partial charge in [0.25, 0.3) is 11.6 Å². The SMILES string of the molecule is Cc1ccc([N+](=O)[O-])cc1C(=O)NC1(CBr)CCCC1. The van der Waals surface area contributed by atoms with E-state index in [2.05, 4.69) is 21.2 Å². The Labute approximate surface area is 126 Å². The number of amides is 1. The first-order valence-corrected chi connectivity index (χ1v) is 7.73. The molecule has 0 bridgehead atoms. The van der Waals surface area contributed by atoms with E-state index in [0.717, 1.165) is 31.2 Å². The van der Waals surface area contributed by atoms with Crippen molar-refractivity contribution in [1.29, 1.82) is 0 Å². The molecule has 0 radical (unpaired) electrons. The lowest BCUT2D eigenvalue weighted by atomic mass is 9.99. The molecule has 1 fully saturated rings. The van der Waals surface area contributed by atoms with Crippen molar-refractivity contribution in [1.82, 2.24) is 5.32 Å². The van der Waals surface area contributed by atoms with E-state index >= 15 is 0 Å². The number of nitro benzene ring substituents is 1. The Morgan fingerprint density at radius 3 is 2.65 bits per heavy atom. The summed E-state index contributed by atoms with van der Waals surface area (Å²) in [7, 11) is 0. The average molecular weight is 341 g/mol. The summed E-state index contributed by atoms with van der Waals surface area (Å²) in [5.74, 6) is -0.229. The van der Waals surface area contributed by atoms with Gasteiger partial charge < -0.3 is 5.32 Å². The Kier molecular flexibility index (Phi) is 4.42. The molecule has 108 valence electrons. The Morgan fingerprint density at radius 2 is 2.10 bits per heavy atom. The number of benzene rings is 1. The highest BCUT2D eigenvalue weighted by atomic mass is 79.9. The van der Waals surface area contributed by atoms with Crippen LogP contribution in [0.4, 0.5) is 5.69 Å². The zero-order valence-electron chi connectivity index (χ0n) is 11.3. The lowest BCUT2D eigenvalue weighted by molar-refractivity contribution is -0.384. The summed E-state index contributed by atoms with van der Waals surface area (Å²) >= 11 is 3.47. The highest BCUT2D eigenvalue weighted by molar-refractivity contribution is 9.09. The Morgan fingerprint density at radius 1 is 1.45 bits per heavy atom. The standard InChI is InChI=1S/C14H17BrN2O3/c1-10-4-5-11(17(19)20)8-12(10)13(18)16-14(9-15)6-2-3-7-14/h4-5,8H,2-3,6-7,9H2,1H3,(H,16,18). The molecule has 20 heavy (non-hydrogen) atoms. The number of hydrogen-bond donors (Lipinski definition) is 1. The van der Waals surface area contributed by atoms with Crippen molar-refractivity contribution in [2.75, 3.05) is 5.33 Å².